The summed E-state index contributed by atoms with van der Waals surface area (Å²) in [4.78, 5) is 14.1. The highest BCUT2D eigenvalue weighted by Crippen LogP contribution is 2.24. The van der Waals surface area contributed by atoms with Gasteiger partial charge >= 0.3 is 5.97 Å². The van der Waals surface area contributed by atoms with E-state index in [0.717, 1.165) is 5.69 Å². The van der Waals surface area contributed by atoms with Gasteiger partial charge in [-0.15, -0.1) is 0 Å². The summed E-state index contributed by atoms with van der Waals surface area (Å²) < 4.78 is 32.3. The van der Waals surface area contributed by atoms with E-state index in [9.17, 15) is 13.2 Å². The molecule has 6 nitrogen and oxygen atoms in total. The second kappa shape index (κ2) is 7.70. The molecule has 3 rings (SSSR count). The van der Waals surface area contributed by atoms with Crippen LogP contribution in [0.4, 0.5) is 5.69 Å². The van der Waals surface area contributed by atoms with Crippen molar-refractivity contribution in [1.82, 2.24) is 4.31 Å². The zero-order chi connectivity index (χ0) is 19.6. The molecule has 144 valence electrons. The fourth-order valence-corrected chi connectivity index (χ4v) is 4.96. The molecule has 0 spiro atoms. The number of carbonyl (C=O) groups excluding carboxylic acids is 1. The minimum absolute atomic E-state index is 0.235. The van der Waals surface area contributed by atoms with E-state index >= 15 is 0 Å². The predicted octanol–water partition coefficient (Wildman–Crippen LogP) is 2.60. The Balaban J connectivity index is 1.76. The number of benzene rings is 2. The maximum Gasteiger partial charge on any atom is 0.337 e. The highest BCUT2D eigenvalue weighted by molar-refractivity contribution is 7.89. The van der Waals surface area contributed by atoms with Gasteiger partial charge in [-0.2, -0.15) is 4.31 Å². The summed E-state index contributed by atoms with van der Waals surface area (Å²) in [5.41, 5.74) is 3.19. The summed E-state index contributed by atoms with van der Waals surface area (Å²) in [5, 5.41) is 0. The Hall–Kier alpha value is -2.38. The van der Waals surface area contributed by atoms with Crippen LogP contribution in [0.2, 0.25) is 0 Å². The number of anilines is 1. The second-order valence-electron chi connectivity index (χ2n) is 6.70. The number of esters is 1. The number of rotatable bonds is 4. The molecule has 0 N–H and O–H groups in total. The Morgan fingerprint density at radius 3 is 2.30 bits per heavy atom. The standard InChI is InChI=1S/C20H24N2O4S/c1-15-5-4-6-18(13-15)21-9-11-22(12-10-21)27(24,25)19-8-7-17(14-16(19)2)20(23)26-3/h4-8,13-14H,9-12H2,1-3H3. The predicted molar refractivity (Wildman–Crippen MR) is 105 cm³/mol. The molecule has 2 aromatic rings. The average Bonchev–Trinajstić information content (AvgIpc) is 2.67. The number of hydrogen-bond acceptors (Lipinski definition) is 5. The fraction of sp³-hybridized carbons (Fsp3) is 0.350. The van der Waals surface area contributed by atoms with Crippen LogP contribution in [0.3, 0.4) is 0 Å². The lowest BCUT2D eigenvalue weighted by Gasteiger charge is -2.35. The van der Waals surface area contributed by atoms with E-state index in [-0.39, 0.29) is 4.90 Å². The monoisotopic (exact) mass is 388 g/mol. The fourth-order valence-electron chi connectivity index (χ4n) is 3.33. The van der Waals surface area contributed by atoms with Crippen molar-refractivity contribution in [1.29, 1.82) is 0 Å². The number of carbonyl (C=O) groups is 1. The van der Waals surface area contributed by atoms with Crippen molar-refractivity contribution in [2.75, 3.05) is 38.2 Å². The minimum Gasteiger partial charge on any atom is -0.465 e. The summed E-state index contributed by atoms with van der Waals surface area (Å²) in [6, 6.07) is 12.8. The van der Waals surface area contributed by atoms with Crippen LogP contribution in [-0.2, 0) is 14.8 Å². The van der Waals surface area contributed by atoms with Gasteiger partial charge in [0.25, 0.3) is 0 Å². The quantitative estimate of drug-likeness (QED) is 0.753. The van der Waals surface area contributed by atoms with E-state index in [1.54, 1.807) is 13.0 Å². The molecule has 0 saturated carbocycles. The van der Waals surface area contributed by atoms with Crippen molar-refractivity contribution in [2.45, 2.75) is 18.7 Å². The normalized spacial score (nSPS) is 15.6. The Morgan fingerprint density at radius 1 is 1.00 bits per heavy atom. The van der Waals surface area contributed by atoms with Crippen LogP contribution in [0.5, 0.6) is 0 Å². The highest BCUT2D eigenvalue weighted by Gasteiger charge is 2.30. The number of sulfonamides is 1. The molecule has 0 bridgehead atoms. The SMILES string of the molecule is COC(=O)c1ccc(S(=O)(=O)N2CCN(c3cccc(C)c3)CC2)c(C)c1. The van der Waals surface area contributed by atoms with Gasteiger partial charge in [-0.1, -0.05) is 12.1 Å². The third-order valence-corrected chi connectivity index (χ3v) is 6.88. The first-order chi connectivity index (χ1) is 12.8. The molecule has 7 heteroatoms. The van der Waals surface area contributed by atoms with Crippen molar-refractivity contribution in [3.05, 3.63) is 59.2 Å². The molecule has 2 aromatic carbocycles. The zero-order valence-corrected chi connectivity index (χ0v) is 16.6. The number of ether oxygens (including phenoxy) is 1. The molecule has 1 heterocycles. The molecule has 0 aromatic heterocycles. The largest absolute Gasteiger partial charge is 0.465 e. The molecule has 0 unspecified atom stereocenters. The molecule has 0 aliphatic carbocycles. The van der Waals surface area contributed by atoms with Crippen LogP contribution < -0.4 is 4.90 Å². The lowest BCUT2D eigenvalue weighted by atomic mass is 10.1. The molecule has 27 heavy (non-hydrogen) atoms. The molecular weight excluding hydrogens is 364 g/mol. The van der Waals surface area contributed by atoms with Crippen LogP contribution in [0.1, 0.15) is 21.5 Å². The molecule has 1 saturated heterocycles. The maximum absolute atomic E-state index is 13.0. The van der Waals surface area contributed by atoms with Gasteiger partial charge in [-0.05, 0) is 55.3 Å². The third kappa shape index (κ3) is 3.99. The van der Waals surface area contributed by atoms with E-state index in [2.05, 4.69) is 11.0 Å². The van der Waals surface area contributed by atoms with E-state index in [1.165, 1.54) is 29.1 Å². The van der Waals surface area contributed by atoms with Gasteiger partial charge in [0.1, 0.15) is 0 Å². The summed E-state index contributed by atoms with van der Waals surface area (Å²) in [6.07, 6.45) is 0. The Labute approximate surface area is 160 Å². The lowest BCUT2D eigenvalue weighted by Crippen LogP contribution is -2.48. The Kier molecular flexibility index (Phi) is 5.53. The first-order valence-corrected chi connectivity index (χ1v) is 10.3. The van der Waals surface area contributed by atoms with Gasteiger partial charge in [0.15, 0.2) is 0 Å². The first kappa shape index (κ1) is 19.4. The summed E-state index contributed by atoms with van der Waals surface area (Å²) in [6.45, 7) is 5.88. The van der Waals surface area contributed by atoms with Gasteiger partial charge in [0.2, 0.25) is 10.0 Å². The highest BCUT2D eigenvalue weighted by atomic mass is 32.2. The van der Waals surface area contributed by atoms with Crippen molar-refractivity contribution in [3.63, 3.8) is 0 Å². The summed E-state index contributed by atoms with van der Waals surface area (Å²) in [5.74, 6) is -0.478. The van der Waals surface area contributed by atoms with Gasteiger partial charge in [0.05, 0.1) is 17.6 Å². The molecule has 1 aliphatic rings. The third-order valence-electron chi connectivity index (χ3n) is 4.82. The molecule has 0 amide bonds. The molecule has 1 fully saturated rings. The number of hydrogen-bond donors (Lipinski definition) is 0. The maximum atomic E-state index is 13.0. The van der Waals surface area contributed by atoms with E-state index in [0.29, 0.717) is 37.3 Å². The number of nitrogens with zero attached hydrogens (tertiary/aromatic N) is 2. The molecule has 1 aliphatic heterocycles. The van der Waals surface area contributed by atoms with Crippen molar-refractivity contribution >= 4 is 21.7 Å². The van der Waals surface area contributed by atoms with Crippen LogP contribution in [-0.4, -0.2) is 52.0 Å². The van der Waals surface area contributed by atoms with E-state index < -0.39 is 16.0 Å². The molecule has 0 radical (unpaired) electrons. The summed E-state index contributed by atoms with van der Waals surface area (Å²) in [7, 11) is -2.30. The van der Waals surface area contributed by atoms with Crippen molar-refractivity contribution in [3.8, 4) is 0 Å². The van der Waals surface area contributed by atoms with Gasteiger partial charge in [0, 0.05) is 31.9 Å². The van der Waals surface area contributed by atoms with Gasteiger partial charge in [-0.3, -0.25) is 0 Å². The van der Waals surface area contributed by atoms with Crippen LogP contribution in [0.15, 0.2) is 47.4 Å². The second-order valence-corrected chi connectivity index (χ2v) is 8.61. The van der Waals surface area contributed by atoms with Crippen LogP contribution >= 0.6 is 0 Å². The van der Waals surface area contributed by atoms with E-state index in [1.807, 2.05) is 25.1 Å². The smallest absolute Gasteiger partial charge is 0.337 e. The molecular formula is C20H24N2O4S. The van der Waals surface area contributed by atoms with Crippen LogP contribution in [0.25, 0.3) is 0 Å². The average molecular weight is 388 g/mol. The van der Waals surface area contributed by atoms with Gasteiger partial charge < -0.3 is 9.64 Å². The lowest BCUT2D eigenvalue weighted by molar-refractivity contribution is 0.0600. The van der Waals surface area contributed by atoms with Crippen LogP contribution in [0, 0.1) is 13.8 Å². The topological polar surface area (TPSA) is 66.9 Å². The molecule has 0 atom stereocenters. The Bertz CT molecular complexity index is 948. The summed E-state index contributed by atoms with van der Waals surface area (Å²) >= 11 is 0. The van der Waals surface area contributed by atoms with Crippen molar-refractivity contribution in [2.24, 2.45) is 0 Å². The van der Waals surface area contributed by atoms with E-state index in [4.69, 9.17) is 4.74 Å². The zero-order valence-electron chi connectivity index (χ0n) is 15.8. The Morgan fingerprint density at radius 2 is 1.70 bits per heavy atom. The van der Waals surface area contributed by atoms with Gasteiger partial charge in [-0.25, -0.2) is 13.2 Å². The number of methoxy groups -OCH3 is 1. The van der Waals surface area contributed by atoms with Crippen molar-refractivity contribution < 1.29 is 17.9 Å². The number of aryl methyl sites for hydroxylation is 2. The number of piperazine rings is 1. The minimum atomic E-state index is -3.60. The first-order valence-electron chi connectivity index (χ1n) is 8.83.